The number of amides is 1. The molecule has 1 aromatic rings. The van der Waals surface area contributed by atoms with E-state index in [-0.39, 0.29) is 10.8 Å². The van der Waals surface area contributed by atoms with Crippen LogP contribution in [0, 0.1) is 0 Å². The summed E-state index contributed by atoms with van der Waals surface area (Å²) in [7, 11) is 1.35. The Hall–Kier alpha value is -1.03. The number of thiazole rings is 1. The zero-order valence-electron chi connectivity index (χ0n) is 7.00. The van der Waals surface area contributed by atoms with Gasteiger partial charge in [-0.05, 0) is 0 Å². The van der Waals surface area contributed by atoms with Crippen molar-refractivity contribution in [2.24, 2.45) is 5.73 Å². The highest BCUT2D eigenvalue weighted by molar-refractivity contribution is 7.74. The largest absolute Gasteiger partial charge is 0.748 e. The summed E-state index contributed by atoms with van der Waals surface area (Å²) in [5.41, 5.74) is 5.02. The molecule has 0 bridgehead atoms. The van der Waals surface area contributed by atoms with Crippen molar-refractivity contribution in [2.45, 2.75) is 0 Å². The Morgan fingerprint density at radius 2 is 2.50 bits per heavy atom. The molecule has 0 fully saturated rings. The molecule has 2 N–H and O–H groups in total. The molecule has 0 aliphatic heterocycles. The van der Waals surface area contributed by atoms with Gasteiger partial charge >= 0.3 is 0 Å². The van der Waals surface area contributed by atoms with Crippen molar-refractivity contribution in [1.29, 1.82) is 0 Å². The molecule has 1 rings (SSSR count). The topological polar surface area (TPSA) is 109 Å². The number of aromatic nitrogens is 1. The van der Waals surface area contributed by atoms with Crippen LogP contribution in [0.5, 0.6) is 0 Å². The van der Waals surface area contributed by atoms with Crippen molar-refractivity contribution in [2.75, 3.05) is 12.1 Å². The average Bonchev–Trinajstić information content (AvgIpc) is 2.50. The summed E-state index contributed by atoms with van der Waals surface area (Å²) in [5, 5.41) is 2.55. The number of carbonyl (C=O) groups is 1. The maximum Gasteiger partial charge on any atom is 0.268 e. The SMILES string of the molecule is CN(OS(=O)[O-])c1nc(C(N)=O)cs1. The van der Waals surface area contributed by atoms with Crippen molar-refractivity contribution >= 4 is 33.7 Å². The number of carbonyl (C=O) groups excluding carboxylic acids is 1. The number of hydrogen-bond donors (Lipinski definition) is 1. The van der Waals surface area contributed by atoms with Gasteiger partial charge in [0.05, 0.1) is 0 Å². The Morgan fingerprint density at radius 3 is 2.93 bits per heavy atom. The van der Waals surface area contributed by atoms with Crippen molar-refractivity contribution in [3.63, 3.8) is 0 Å². The van der Waals surface area contributed by atoms with Gasteiger partial charge in [0.2, 0.25) is 5.13 Å². The number of hydroxylamine groups is 1. The van der Waals surface area contributed by atoms with Gasteiger partial charge in [0, 0.05) is 12.4 Å². The molecule has 1 heterocycles. The molecule has 1 atom stereocenters. The van der Waals surface area contributed by atoms with Crippen LogP contribution >= 0.6 is 11.3 Å². The summed E-state index contributed by atoms with van der Waals surface area (Å²) in [6.07, 6.45) is 0. The van der Waals surface area contributed by atoms with E-state index in [0.717, 1.165) is 16.4 Å². The third-order valence-corrected chi connectivity index (χ3v) is 2.43. The highest BCUT2D eigenvalue weighted by Crippen LogP contribution is 2.19. The standard InChI is InChI=1S/C5H7N3O4S2/c1-8(12-14(10)11)5-7-3(2-13-5)4(6)9/h2H,1H3,(H2,6,9)(H,10,11)/p-1. The smallest absolute Gasteiger partial charge is 0.268 e. The van der Waals surface area contributed by atoms with E-state index in [4.69, 9.17) is 5.73 Å². The number of rotatable bonds is 4. The van der Waals surface area contributed by atoms with Gasteiger partial charge in [-0.1, -0.05) is 0 Å². The van der Waals surface area contributed by atoms with Gasteiger partial charge in [-0.3, -0.25) is 4.79 Å². The number of anilines is 1. The summed E-state index contributed by atoms with van der Waals surface area (Å²) in [6, 6.07) is 0. The molecule has 9 heteroatoms. The van der Waals surface area contributed by atoms with Crippen LogP contribution in [-0.2, 0) is 15.6 Å². The van der Waals surface area contributed by atoms with Gasteiger partial charge in [0.15, 0.2) is 0 Å². The van der Waals surface area contributed by atoms with E-state index in [2.05, 4.69) is 9.27 Å². The molecule has 1 aromatic heterocycles. The van der Waals surface area contributed by atoms with E-state index < -0.39 is 17.3 Å². The normalized spacial score (nSPS) is 12.4. The zero-order chi connectivity index (χ0) is 10.7. The third kappa shape index (κ3) is 2.73. The lowest BCUT2D eigenvalue weighted by Gasteiger charge is -2.15. The fourth-order valence-electron chi connectivity index (χ4n) is 0.645. The molecule has 0 aliphatic carbocycles. The van der Waals surface area contributed by atoms with Crippen LogP contribution in [0.1, 0.15) is 10.5 Å². The Labute approximate surface area is 85.9 Å². The molecule has 0 saturated carbocycles. The first-order valence-corrected chi connectivity index (χ1v) is 5.15. The van der Waals surface area contributed by atoms with E-state index in [9.17, 15) is 13.6 Å². The fraction of sp³-hybridized carbons (Fsp3) is 0.200. The highest BCUT2D eigenvalue weighted by Gasteiger charge is 2.10. The zero-order valence-corrected chi connectivity index (χ0v) is 8.63. The van der Waals surface area contributed by atoms with Crippen molar-refractivity contribution in [3.8, 4) is 0 Å². The second-order valence-electron chi connectivity index (χ2n) is 2.16. The second kappa shape index (κ2) is 4.46. The van der Waals surface area contributed by atoms with Crippen LogP contribution < -0.4 is 10.8 Å². The number of nitrogens with zero attached hydrogens (tertiary/aromatic N) is 2. The fourth-order valence-corrected chi connectivity index (χ4v) is 1.67. The summed E-state index contributed by atoms with van der Waals surface area (Å²) < 4.78 is 24.6. The van der Waals surface area contributed by atoms with Crippen LogP contribution in [0.25, 0.3) is 0 Å². The maximum absolute atomic E-state index is 10.6. The molecule has 0 spiro atoms. The molecular weight excluding hydrogens is 230 g/mol. The van der Waals surface area contributed by atoms with Crippen molar-refractivity contribution in [1.82, 2.24) is 4.98 Å². The molecule has 0 aliphatic rings. The lowest BCUT2D eigenvalue weighted by Crippen LogP contribution is -2.19. The molecule has 1 amide bonds. The molecule has 0 aromatic carbocycles. The second-order valence-corrected chi connectivity index (χ2v) is 3.55. The minimum Gasteiger partial charge on any atom is -0.748 e. The van der Waals surface area contributed by atoms with Gasteiger partial charge in [0.1, 0.15) is 17.1 Å². The van der Waals surface area contributed by atoms with Gasteiger partial charge in [-0.15, -0.1) is 11.3 Å². The van der Waals surface area contributed by atoms with Gasteiger partial charge in [0.25, 0.3) is 5.91 Å². The van der Waals surface area contributed by atoms with Gasteiger partial charge < -0.3 is 10.3 Å². The van der Waals surface area contributed by atoms with Crippen LogP contribution in [0.4, 0.5) is 5.13 Å². The van der Waals surface area contributed by atoms with Crippen LogP contribution in [0.2, 0.25) is 0 Å². The predicted molar refractivity (Wildman–Crippen MR) is 49.0 cm³/mol. The maximum atomic E-state index is 10.6. The number of nitrogens with two attached hydrogens (primary N) is 1. The number of primary amides is 1. The molecular formula is C5H6N3O4S2-. The van der Waals surface area contributed by atoms with Crippen molar-refractivity contribution < 1.29 is 17.8 Å². The lowest BCUT2D eigenvalue weighted by atomic mass is 10.5. The van der Waals surface area contributed by atoms with Crippen LogP contribution in [0.15, 0.2) is 5.38 Å². The molecule has 0 saturated heterocycles. The first-order valence-electron chi connectivity index (χ1n) is 3.27. The van der Waals surface area contributed by atoms with Crippen LogP contribution in [0.3, 0.4) is 0 Å². The van der Waals surface area contributed by atoms with E-state index in [1.54, 1.807) is 0 Å². The van der Waals surface area contributed by atoms with E-state index >= 15 is 0 Å². The molecule has 7 nitrogen and oxygen atoms in total. The van der Waals surface area contributed by atoms with Gasteiger partial charge in [-0.25, -0.2) is 14.3 Å². The van der Waals surface area contributed by atoms with E-state index in [1.807, 2.05) is 0 Å². The predicted octanol–water partition coefficient (Wildman–Crippen LogP) is -0.596. The highest BCUT2D eigenvalue weighted by atomic mass is 32.2. The quantitative estimate of drug-likeness (QED) is 0.552. The monoisotopic (exact) mass is 236 g/mol. The Bertz CT molecular complexity index is 366. The van der Waals surface area contributed by atoms with E-state index in [0.29, 0.717) is 0 Å². The lowest BCUT2D eigenvalue weighted by molar-refractivity contribution is 0.0996. The van der Waals surface area contributed by atoms with Crippen molar-refractivity contribution in [3.05, 3.63) is 11.1 Å². The summed E-state index contributed by atoms with van der Waals surface area (Å²) in [5.74, 6) is -0.677. The minimum atomic E-state index is -2.67. The van der Waals surface area contributed by atoms with E-state index in [1.165, 1.54) is 12.4 Å². The number of hydrogen-bond acceptors (Lipinski definition) is 7. The molecule has 14 heavy (non-hydrogen) atoms. The molecule has 78 valence electrons. The summed E-state index contributed by atoms with van der Waals surface area (Å²) in [6.45, 7) is 0. The Morgan fingerprint density at radius 1 is 1.86 bits per heavy atom. The summed E-state index contributed by atoms with van der Waals surface area (Å²) in [4.78, 5) is 14.4. The third-order valence-electron chi connectivity index (χ3n) is 1.19. The van der Waals surface area contributed by atoms with Crippen LogP contribution in [-0.4, -0.2) is 26.7 Å². The average molecular weight is 236 g/mol. The van der Waals surface area contributed by atoms with Gasteiger partial charge in [-0.2, -0.15) is 4.28 Å². The first-order chi connectivity index (χ1) is 6.50. The Balaban J connectivity index is 2.76. The minimum absolute atomic E-state index is 0.0668. The molecule has 1 unspecified atom stereocenters. The summed E-state index contributed by atoms with van der Waals surface area (Å²) >= 11 is -1.63. The Kier molecular flexibility index (Phi) is 3.52. The molecule has 0 radical (unpaired) electrons. The first kappa shape index (κ1) is 11.0.